The fourth-order valence-electron chi connectivity index (χ4n) is 5.69. The van der Waals surface area contributed by atoms with Crippen molar-refractivity contribution < 1.29 is 0 Å². The second-order valence-electron chi connectivity index (χ2n) is 12.4. The number of rotatable bonds is 11. The zero-order valence-electron chi connectivity index (χ0n) is 29.4. The molecule has 0 aromatic heterocycles. The molecule has 0 saturated heterocycles. The van der Waals surface area contributed by atoms with Crippen LogP contribution in [0.2, 0.25) is 0 Å². The normalized spacial score (nSPS) is 11.7. The molecule has 0 radical (unpaired) electrons. The maximum absolute atomic E-state index is 6.54. The van der Waals surface area contributed by atoms with Crippen LogP contribution in [0.5, 0.6) is 0 Å². The Morgan fingerprint density at radius 2 is 1.00 bits per heavy atom. The zero-order chi connectivity index (χ0) is 35.8. The van der Waals surface area contributed by atoms with Gasteiger partial charge in [0.05, 0.1) is 0 Å². The first kappa shape index (κ1) is 35.9. The van der Waals surface area contributed by atoms with Crippen molar-refractivity contribution in [1.82, 2.24) is 0 Å². The highest BCUT2D eigenvalue weighted by Gasteiger charge is 2.06. The lowest BCUT2D eigenvalue weighted by Gasteiger charge is -2.10. The summed E-state index contributed by atoms with van der Waals surface area (Å²) >= 11 is 0. The fraction of sp³-hybridized carbons (Fsp3) is 0.0612. The molecule has 6 rings (SSSR count). The summed E-state index contributed by atoms with van der Waals surface area (Å²) in [6.45, 7) is 9.87. The molecule has 2 heteroatoms. The molecule has 0 amide bonds. The largest absolute Gasteiger partial charge is 0.398 e. The fourth-order valence-corrected chi connectivity index (χ4v) is 5.69. The molecule has 0 aliphatic carbocycles. The van der Waals surface area contributed by atoms with E-state index in [4.69, 9.17) is 11.5 Å². The maximum Gasteiger partial charge on any atom is 0.0393 e. The third-order valence-corrected chi connectivity index (χ3v) is 8.68. The van der Waals surface area contributed by atoms with Crippen LogP contribution >= 0.6 is 0 Å². The van der Waals surface area contributed by atoms with Gasteiger partial charge in [0.2, 0.25) is 0 Å². The SMILES string of the molecule is C=Cc1ccc(C/C=C(\N)c2ccc(-c3ccc(C(/C=C(\N)c4ccccc4)=C/Cc4ccccc4)cc3)cc2)cc1C=C.Cc1ccccc1. The van der Waals surface area contributed by atoms with E-state index in [9.17, 15) is 0 Å². The molecule has 0 heterocycles. The average molecular weight is 663 g/mol. The molecule has 252 valence electrons. The molecule has 0 fully saturated rings. The Balaban J connectivity index is 0.000000643. The third-order valence-electron chi connectivity index (χ3n) is 8.68. The first-order valence-corrected chi connectivity index (χ1v) is 17.3. The molecule has 51 heavy (non-hydrogen) atoms. The number of allylic oxidation sites excluding steroid dienone is 4. The van der Waals surface area contributed by atoms with E-state index in [1.807, 2.05) is 66.7 Å². The Bertz CT molecular complexity index is 2100. The van der Waals surface area contributed by atoms with E-state index in [0.29, 0.717) is 0 Å². The van der Waals surface area contributed by atoms with Crippen LogP contribution in [0.4, 0.5) is 0 Å². The molecule has 0 unspecified atom stereocenters. The van der Waals surface area contributed by atoms with E-state index in [-0.39, 0.29) is 0 Å². The zero-order valence-corrected chi connectivity index (χ0v) is 29.4. The summed E-state index contributed by atoms with van der Waals surface area (Å²) in [5, 5.41) is 0. The number of nitrogens with two attached hydrogens (primary N) is 2. The van der Waals surface area contributed by atoms with Gasteiger partial charge in [0.15, 0.2) is 0 Å². The summed E-state index contributed by atoms with van der Waals surface area (Å²) in [5.41, 5.74) is 26.9. The van der Waals surface area contributed by atoms with E-state index < -0.39 is 0 Å². The molecule has 0 aliphatic heterocycles. The van der Waals surface area contributed by atoms with Crippen LogP contribution in [0, 0.1) is 6.92 Å². The Labute approximate surface area is 304 Å². The molecule has 0 saturated carbocycles. The Hall–Kier alpha value is -6.38. The van der Waals surface area contributed by atoms with E-state index in [1.165, 1.54) is 16.7 Å². The molecular formula is C49H46N2. The second kappa shape index (κ2) is 18.4. The van der Waals surface area contributed by atoms with Gasteiger partial charge in [0.1, 0.15) is 0 Å². The van der Waals surface area contributed by atoms with Gasteiger partial charge in [-0.05, 0) is 81.5 Å². The summed E-state index contributed by atoms with van der Waals surface area (Å²) in [4.78, 5) is 0. The average Bonchev–Trinajstić information content (AvgIpc) is 3.19. The monoisotopic (exact) mass is 662 g/mol. The molecular weight excluding hydrogens is 617 g/mol. The van der Waals surface area contributed by atoms with Gasteiger partial charge in [-0.3, -0.25) is 0 Å². The summed E-state index contributed by atoms with van der Waals surface area (Å²) in [5.74, 6) is 0. The second-order valence-corrected chi connectivity index (χ2v) is 12.4. The highest BCUT2D eigenvalue weighted by molar-refractivity contribution is 5.84. The highest BCUT2D eigenvalue weighted by Crippen LogP contribution is 2.27. The lowest BCUT2D eigenvalue weighted by atomic mass is 9.96. The number of aryl methyl sites for hydroxylation is 1. The van der Waals surface area contributed by atoms with Crippen molar-refractivity contribution in [1.29, 1.82) is 0 Å². The Morgan fingerprint density at radius 1 is 0.490 bits per heavy atom. The van der Waals surface area contributed by atoms with Crippen molar-refractivity contribution >= 4 is 29.1 Å². The first-order chi connectivity index (χ1) is 24.9. The van der Waals surface area contributed by atoms with Crippen LogP contribution in [-0.4, -0.2) is 0 Å². The minimum absolute atomic E-state index is 0.741. The van der Waals surface area contributed by atoms with Gasteiger partial charge >= 0.3 is 0 Å². The van der Waals surface area contributed by atoms with E-state index >= 15 is 0 Å². The Kier molecular flexibility index (Phi) is 13.0. The van der Waals surface area contributed by atoms with Gasteiger partial charge in [0, 0.05) is 11.4 Å². The number of hydrogen-bond donors (Lipinski definition) is 2. The van der Waals surface area contributed by atoms with Crippen LogP contribution in [-0.2, 0) is 12.8 Å². The predicted octanol–water partition coefficient (Wildman–Crippen LogP) is 11.8. The van der Waals surface area contributed by atoms with Gasteiger partial charge in [0.25, 0.3) is 0 Å². The summed E-state index contributed by atoms with van der Waals surface area (Å²) in [6.07, 6.45) is 11.7. The van der Waals surface area contributed by atoms with Gasteiger partial charge in [-0.15, -0.1) is 0 Å². The van der Waals surface area contributed by atoms with Crippen molar-refractivity contribution in [2.75, 3.05) is 0 Å². The molecule has 6 aromatic carbocycles. The molecule has 4 N–H and O–H groups in total. The van der Waals surface area contributed by atoms with Crippen molar-refractivity contribution in [2.24, 2.45) is 11.5 Å². The van der Waals surface area contributed by atoms with Crippen molar-refractivity contribution in [3.05, 3.63) is 234 Å². The number of hydrogen-bond acceptors (Lipinski definition) is 2. The van der Waals surface area contributed by atoms with Gasteiger partial charge in [-0.2, -0.15) is 0 Å². The minimum atomic E-state index is 0.741. The lowest BCUT2D eigenvalue weighted by Crippen LogP contribution is -1.98. The molecule has 0 spiro atoms. The standard InChI is InChI=1S/C42H38N2.C7H8/c1-3-33-18-16-32(29-34(33)4-2)17-28-41(43)39-26-24-36(25-27-39)35-20-22-37(23-21-35)40(19-15-31-11-7-5-8-12-31)30-42(44)38-13-9-6-10-14-38;1-7-5-3-2-4-6-7/h3-14,16,18-30H,1-2,15,17,43-44H2;2-6H,1H3/b40-19+,41-28-,42-30-;. The summed E-state index contributed by atoms with van der Waals surface area (Å²) < 4.78 is 0. The van der Waals surface area contributed by atoms with Gasteiger partial charge < -0.3 is 11.5 Å². The van der Waals surface area contributed by atoms with Crippen LogP contribution in [0.1, 0.15) is 44.5 Å². The van der Waals surface area contributed by atoms with Gasteiger partial charge in [-0.25, -0.2) is 0 Å². The molecule has 0 bridgehead atoms. The van der Waals surface area contributed by atoms with Crippen LogP contribution in [0.15, 0.2) is 189 Å². The van der Waals surface area contributed by atoms with Crippen molar-refractivity contribution in [2.45, 2.75) is 19.8 Å². The van der Waals surface area contributed by atoms with Gasteiger partial charge in [-0.1, -0.05) is 201 Å². The van der Waals surface area contributed by atoms with E-state index in [2.05, 4.69) is 141 Å². The topological polar surface area (TPSA) is 52.0 Å². The summed E-state index contributed by atoms with van der Waals surface area (Å²) in [7, 11) is 0. The van der Waals surface area contributed by atoms with Crippen LogP contribution in [0.25, 0.3) is 40.2 Å². The summed E-state index contributed by atoms with van der Waals surface area (Å²) in [6, 6.07) is 54.2. The van der Waals surface area contributed by atoms with E-state index in [0.717, 1.165) is 68.8 Å². The van der Waals surface area contributed by atoms with Crippen molar-refractivity contribution in [3.63, 3.8) is 0 Å². The third kappa shape index (κ3) is 10.6. The molecule has 6 aromatic rings. The van der Waals surface area contributed by atoms with E-state index in [1.54, 1.807) is 0 Å². The first-order valence-electron chi connectivity index (χ1n) is 17.3. The highest BCUT2D eigenvalue weighted by atomic mass is 14.6. The quantitative estimate of drug-likeness (QED) is 0.136. The predicted molar refractivity (Wildman–Crippen MR) is 222 cm³/mol. The maximum atomic E-state index is 6.54. The molecule has 0 aliphatic rings. The Morgan fingerprint density at radius 3 is 1.55 bits per heavy atom. The molecule has 2 nitrogen and oxygen atoms in total. The van der Waals surface area contributed by atoms with Crippen LogP contribution in [0.3, 0.4) is 0 Å². The number of benzene rings is 6. The van der Waals surface area contributed by atoms with Crippen molar-refractivity contribution in [3.8, 4) is 11.1 Å². The lowest BCUT2D eigenvalue weighted by molar-refractivity contribution is 1.25. The molecule has 0 atom stereocenters. The minimum Gasteiger partial charge on any atom is -0.398 e. The smallest absolute Gasteiger partial charge is 0.0393 e. The van der Waals surface area contributed by atoms with Crippen LogP contribution < -0.4 is 11.5 Å².